The fourth-order valence-electron chi connectivity index (χ4n) is 4.38. The number of carbonyl (C=O) groups is 1. The first-order valence-corrected chi connectivity index (χ1v) is 15.1. The highest BCUT2D eigenvalue weighted by atomic mass is 79.9. The van der Waals surface area contributed by atoms with Crippen molar-refractivity contribution in [2.24, 2.45) is 10.2 Å². The summed E-state index contributed by atoms with van der Waals surface area (Å²) < 4.78 is 29.6. The number of carbonyl (C=O) groups excluding carboxylic acids is 1. The highest BCUT2D eigenvalue weighted by molar-refractivity contribution is 9.10. The van der Waals surface area contributed by atoms with Crippen molar-refractivity contribution >= 4 is 54.0 Å². The normalized spacial score (nSPS) is 12.7. The fraction of sp³-hybridized carbons (Fsp3) is 0.258. The summed E-state index contributed by atoms with van der Waals surface area (Å²) in [5, 5.41) is 30.6. The number of fused-ring (bicyclic) bond motifs is 1. The number of benzene rings is 4. The molecule has 0 spiro atoms. The van der Waals surface area contributed by atoms with Crippen LogP contribution >= 0.6 is 15.9 Å². The lowest BCUT2D eigenvalue weighted by molar-refractivity contribution is 0.0994. The molecule has 0 unspecified atom stereocenters. The molecule has 0 fully saturated rings. The van der Waals surface area contributed by atoms with E-state index in [9.17, 15) is 23.4 Å². The van der Waals surface area contributed by atoms with Crippen molar-refractivity contribution in [2.75, 3.05) is 4.72 Å². The number of amides is 1. The number of nitrogens with one attached hydrogen (secondary N) is 1. The van der Waals surface area contributed by atoms with Gasteiger partial charge in [-0.3, -0.25) is 9.52 Å². The summed E-state index contributed by atoms with van der Waals surface area (Å²) >= 11 is 3.30. The zero-order valence-electron chi connectivity index (χ0n) is 23.7. The lowest BCUT2D eigenvalue weighted by Crippen LogP contribution is -2.18. The van der Waals surface area contributed by atoms with Gasteiger partial charge in [-0.1, -0.05) is 81.7 Å². The quantitative estimate of drug-likeness (QED) is 0.150. The molecule has 1 amide bonds. The van der Waals surface area contributed by atoms with E-state index in [0.717, 1.165) is 4.47 Å². The third-order valence-electron chi connectivity index (χ3n) is 6.59. The highest BCUT2D eigenvalue weighted by Crippen LogP contribution is 2.42. The molecule has 8 nitrogen and oxygen atoms in total. The lowest BCUT2D eigenvalue weighted by atomic mass is 9.78. The number of sulfonamides is 1. The Kier molecular flexibility index (Phi) is 8.03. The number of hydrogen-bond acceptors (Lipinski definition) is 6. The number of nitrogens with zero attached hydrogens (tertiary/aromatic N) is 2. The van der Waals surface area contributed by atoms with Gasteiger partial charge in [-0.2, -0.15) is 0 Å². The number of azo groups is 1. The van der Waals surface area contributed by atoms with Crippen LogP contribution in [0.5, 0.6) is 11.5 Å². The van der Waals surface area contributed by atoms with Gasteiger partial charge < -0.3 is 10.2 Å². The molecular weight excluding hydrogens is 606 g/mol. The Hall–Kier alpha value is -3.76. The van der Waals surface area contributed by atoms with Crippen LogP contribution in [-0.4, -0.2) is 24.5 Å². The minimum atomic E-state index is -3.98. The van der Waals surface area contributed by atoms with Crippen LogP contribution in [0, 0.1) is 0 Å². The first kappa shape index (κ1) is 30.2. The van der Waals surface area contributed by atoms with Gasteiger partial charge in [-0.05, 0) is 53.3 Å². The molecule has 0 atom stereocenters. The fourth-order valence-corrected chi connectivity index (χ4v) is 5.72. The van der Waals surface area contributed by atoms with E-state index in [1.165, 1.54) is 18.2 Å². The Morgan fingerprint density at radius 2 is 1.34 bits per heavy atom. The number of halogens is 1. The third kappa shape index (κ3) is 6.44. The molecule has 0 saturated heterocycles. The van der Waals surface area contributed by atoms with Gasteiger partial charge in [0.1, 0.15) is 11.4 Å². The van der Waals surface area contributed by atoms with E-state index in [-0.39, 0.29) is 33.3 Å². The van der Waals surface area contributed by atoms with E-state index in [2.05, 4.69) is 30.9 Å². The topological polar surface area (TPSA) is 128 Å². The molecule has 4 aromatic rings. The van der Waals surface area contributed by atoms with E-state index >= 15 is 0 Å². The molecule has 3 N–H and O–H groups in total. The van der Waals surface area contributed by atoms with Crippen molar-refractivity contribution in [3.8, 4) is 11.5 Å². The third-order valence-corrected chi connectivity index (χ3v) is 8.50. The van der Waals surface area contributed by atoms with Crippen LogP contribution in [-0.2, 0) is 20.9 Å². The Balaban J connectivity index is 1.78. The summed E-state index contributed by atoms with van der Waals surface area (Å²) in [6.07, 6.45) is 0. The predicted molar refractivity (Wildman–Crippen MR) is 165 cm³/mol. The maximum absolute atomic E-state index is 13.2. The second kappa shape index (κ2) is 10.9. The van der Waals surface area contributed by atoms with E-state index in [1.54, 1.807) is 48.5 Å². The van der Waals surface area contributed by atoms with Gasteiger partial charge in [0.15, 0.2) is 5.75 Å². The molecule has 0 radical (unpaired) electrons. The van der Waals surface area contributed by atoms with Gasteiger partial charge in [0.05, 0.1) is 10.6 Å². The SMILES string of the molecule is CC(C)(C)c1cc(C(=O)N=Nc2cc(NS(=O)(=O)c3ccc(Br)cc3)c3ccccc3c2O)cc(C(C)(C)C)c1O. The Labute approximate surface area is 248 Å². The van der Waals surface area contributed by atoms with Crippen molar-refractivity contribution in [1.29, 1.82) is 0 Å². The summed E-state index contributed by atoms with van der Waals surface area (Å²) in [6.45, 7) is 11.6. The number of phenolic OH excluding ortho intramolecular Hbond substituents is 2. The van der Waals surface area contributed by atoms with Crippen LogP contribution in [0.1, 0.15) is 63.0 Å². The molecule has 0 saturated carbocycles. The molecule has 0 aliphatic rings. The summed E-state index contributed by atoms with van der Waals surface area (Å²) in [5.74, 6) is -0.792. The molecule has 0 aromatic heterocycles. The summed E-state index contributed by atoms with van der Waals surface area (Å²) in [4.78, 5) is 13.3. The van der Waals surface area contributed by atoms with Gasteiger partial charge in [-0.15, -0.1) is 10.2 Å². The molecule has 0 heterocycles. The Morgan fingerprint density at radius 3 is 1.88 bits per heavy atom. The van der Waals surface area contributed by atoms with Crippen molar-refractivity contribution < 1.29 is 23.4 Å². The van der Waals surface area contributed by atoms with E-state index in [1.807, 2.05) is 41.5 Å². The molecule has 10 heteroatoms. The smallest absolute Gasteiger partial charge is 0.295 e. The molecule has 4 rings (SSSR count). The van der Waals surface area contributed by atoms with Crippen LogP contribution in [0.3, 0.4) is 0 Å². The second-order valence-corrected chi connectivity index (χ2v) is 14.4. The van der Waals surface area contributed by atoms with Crippen molar-refractivity contribution in [1.82, 2.24) is 0 Å². The van der Waals surface area contributed by atoms with Gasteiger partial charge in [-0.25, -0.2) is 8.42 Å². The van der Waals surface area contributed by atoms with Crippen LogP contribution in [0.25, 0.3) is 10.8 Å². The van der Waals surface area contributed by atoms with Crippen molar-refractivity contribution in [3.63, 3.8) is 0 Å². The first-order chi connectivity index (χ1) is 19.0. The van der Waals surface area contributed by atoms with Crippen molar-refractivity contribution in [2.45, 2.75) is 57.3 Å². The molecule has 0 aliphatic heterocycles. The average Bonchev–Trinajstić information content (AvgIpc) is 2.88. The summed E-state index contributed by atoms with van der Waals surface area (Å²) in [5.41, 5.74) is 0.610. The van der Waals surface area contributed by atoms with Crippen molar-refractivity contribution in [3.05, 3.63) is 87.9 Å². The minimum Gasteiger partial charge on any atom is -0.507 e. The standard InChI is InChI=1S/C31H32BrN3O5S/c1-30(2,3)23-15-18(16-24(28(23)37)31(4,5)6)29(38)34-33-26-17-25(21-9-7-8-10-22(21)27(26)36)35-41(39,40)20-13-11-19(32)12-14-20/h7-17,35-37H,1-6H3. The van der Waals surface area contributed by atoms with Crippen LogP contribution in [0.15, 0.2) is 86.3 Å². The van der Waals surface area contributed by atoms with Crippen LogP contribution in [0.2, 0.25) is 0 Å². The molecule has 41 heavy (non-hydrogen) atoms. The summed E-state index contributed by atoms with van der Waals surface area (Å²) in [7, 11) is -3.98. The number of phenols is 2. The number of hydrogen-bond donors (Lipinski definition) is 3. The lowest BCUT2D eigenvalue weighted by Gasteiger charge is -2.27. The van der Waals surface area contributed by atoms with Gasteiger partial charge in [0.25, 0.3) is 15.9 Å². The van der Waals surface area contributed by atoms with Gasteiger partial charge >= 0.3 is 0 Å². The number of aromatic hydroxyl groups is 2. The second-order valence-electron chi connectivity index (χ2n) is 11.8. The average molecular weight is 639 g/mol. The number of anilines is 1. The Morgan fingerprint density at radius 1 is 0.805 bits per heavy atom. The van der Waals surface area contributed by atoms with Gasteiger partial charge in [0, 0.05) is 31.9 Å². The molecule has 214 valence electrons. The molecule has 4 aromatic carbocycles. The van der Waals surface area contributed by atoms with E-state index < -0.39 is 26.8 Å². The zero-order valence-corrected chi connectivity index (χ0v) is 26.1. The van der Waals surface area contributed by atoms with Crippen LogP contribution < -0.4 is 4.72 Å². The first-order valence-electron chi connectivity index (χ1n) is 12.9. The highest BCUT2D eigenvalue weighted by Gasteiger charge is 2.28. The molecular formula is C31H32BrN3O5S. The van der Waals surface area contributed by atoms with Crippen LogP contribution in [0.4, 0.5) is 11.4 Å². The van der Waals surface area contributed by atoms with Gasteiger partial charge in [0.2, 0.25) is 0 Å². The van der Waals surface area contributed by atoms with E-state index in [0.29, 0.717) is 21.9 Å². The minimum absolute atomic E-state index is 0.0489. The molecule has 0 bridgehead atoms. The zero-order chi connectivity index (χ0) is 30.3. The largest absolute Gasteiger partial charge is 0.507 e. The Bertz CT molecular complexity index is 1750. The molecule has 0 aliphatic carbocycles. The maximum atomic E-state index is 13.2. The number of rotatable bonds is 5. The van der Waals surface area contributed by atoms with E-state index in [4.69, 9.17) is 0 Å². The monoisotopic (exact) mass is 637 g/mol. The maximum Gasteiger partial charge on any atom is 0.295 e. The predicted octanol–water partition coefficient (Wildman–Crippen LogP) is 8.33. The summed E-state index contributed by atoms with van der Waals surface area (Å²) in [6, 6.07) is 17.4.